The molecule has 0 radical (unpaired) electrons. The summed E-state index contributed by atoms with van der Waals surface area (Å²) < 4.78 is 0.964. The quantitative estimate of drug-likeness (QED) is 0.732. The van der Waals surface area contributed by atoms with Crippen LogP contribution in [0, 0.1) is 0 Å². The fourth-order valence-corrected chi connectivity index (χ4v) is 3.19. The Labute approximate surface area is 162 Å². The summed E-state index contributed by atoms with van der Waals surface area (Å²) in [5, 5.41) is 12.3. The van der Waals surface area contributed by atoms with Gasteiger partial charge in [-0.2, -0.15) is 0 Å². The number of benzene rings is 1. The van der Waals surface area contributed by atoms with Gasteiger partial charge in [0.25, 0.3) is 0 Å². The number of amides is 2. The van der Waals surface area contributed by atoms with Gasteiger partial charge in [-0.25, -0.2) is 9.78 Å². The number of aryl methyl sites for hydroxylation is 1. The van der Waals surface area contributed by atoms with E-state index in [-0.39, 0.29) is 11.8 Å². The minimum Gasteiger partial charge on any atom is -0.508 e. The Morgan fingerprint density at radius 3 is 2.50 bits per heavy atom. The monoisotopic (exact) mass is 418 g/mol. The number of hydrogen-bond donors (Lipinski definition) is 2. The van der Waals surface area contributed by atoms with Crippen molar-refractivity contribution in [2.45, 2.75) is 12.8 Å². The van der Waals surface area contributed by atoms with Gasteiger partial charge >= 0.3 is 6.03 Å². The highest BCUT2D eigenvalue weighted by atomic mass is 79.9. The third kappa shape index (κ3) is 5.11. The van der Waals surface area contributed by atoms with Crippen LogP contribution in [0.2, 0.25) is 0 Å². The summed E-state index contributed by atoms with van der Waals surface area (Å²) in [6.07, 6.45) is 3.55. The van der Waals surface area contributed by atoms with E-state index >= 15 is 0 Å². The first-order chi connectivity index (χ1) is 12.6. The molecule has 7 heteroatoms. The van der Waals surface area contributed by atoms with Gasteiger partial charge in [0, 0.05) is 43.4 Å². The number of pyridine rings is 1. The van der Waals surface area contributed by atoms with E-state index in [9.17, 15) is 9.90 Å². The van der Waals surface area contributed by atoms with Crippen LogP contribution in [0.5, 0.6) is 5.75 Å². The Bertz CT molecular complexity index is 713. The molecule has 1 saturated heterocycles. The third-order valence-corrected chi connectivity index (χ3v) is 4.93. The number of piperazine rings is 1. The van der Waals surface area contributed by atoms with Crippen LogP contribution in [0.3, 0.4) is 0 Å². The van der Waals surface area contributed by atoms with Crippen LogP contribution in [-0.4, -0.2) is 53.7 Å². The van der Waals surface area contributed by atoms with Crippen LogP contribution in [0.4, 0.5) is 10.6 Å². The van der Waals surface area contributed by atoms with Crippen LogP contribution in [0.15, 0.2) is 47.1 Å². The van der Waals surface area contributed by atoms with Gasteiger partial charge in [-0.05, 0) is 58.6 Å². The van der Waals surface area contributed by atoms with Crippen molar-refractivity contribution in [3.05, 3.63) is 52.6 Å². The number of aromatic hydroxyl groups is 1. The number of nitrogens with zero attached hydrogens (tertiary/aromatic N) is 3. The number of hydrogen-bond acceptors (Lipinski definition) is 4. The number of carbonyl (C=O) groups excluding carboxylic acids is 1. The maximum Gasteiger partial charge on any atom is 0.317 e. The van der Waals surface area contributed by atoms with Gasteiger partial charge < -0.3 is 20.2 Å². The summed E-state index contributed by atoms with van der Waals surface area (Å²) in [4.78, 5) is 20.7. The van der Waals surface area contributed by atoms with Crippen LogP contribution in [-0.2, 0) is 6.42 Å². The second-order valence-corrected chi connectivity index (χ2v) is 7.23. The first-order valence-corrected chi connectivity index (χ1v) is 9.58. The molecule has 6 nitrogen and oxygen atoms in total. The predicted octanol–water partition coefficient (Wildman–Crippen LogP) is 3.01. The molecular weight excluding hydrogens is 396 g/mol. The average molecular weight is 419 g/mol. The van der Waals surface area contributed by atoms with Gasteiger partial charge in [0.2, 0.25) is 0 Å². The first-order valence-electron chi connectivity index (χ1n) is 8.79. The zero-order chi connectivity index (χ0) is 18.4. The lowest BCUT2D eigenvalue weighted by Crippen LogP contribution is -2.52. The summed E-state index contributed by atoms with van der Waals surface area (Å²) in [7, 11) is 0. The molecule has 0 spiro atoms. The number of phenols is 1. The molecule has 2 N–H and O–H groups in total. The van der Waals surface area contributed by atoms with E-state index in [4.69, 9.17) is 0 Å². The number of anilines is 1. The molecule has 0 aliphatic carbocycles. The molecule has 1 aromatic heterocycles. The van der Waals surface area contributed by atoms with E-state index < -0.39 is 0 Å². The molecule has 1 aromatic carbocycles. The number of phenolic OH excluding ortho intramolecular Hbond substituents is 1. The number of aromatic nitrogens is 1. The normalized spacial score (nSPS) is 14.3. The van der Waals surface area contributed by atoms with Crippen molar-refractivity contribution in [3.8, 4) is 5.75 Å². The van der Waals surface area contributed by atoms with Crippen LogP contribution in [0.25, 0.3) is 0 Å². The SMILES string of the molecule is O=C(NCCCc1ccc(O)cc1)N1CCN(c2ccc(Br)cn2)CC1. The second kappa shape index (κ2) is 8.89. The molecule has 2 heterocycles. The van der Waals surface area contributed by atoms with Crippen molar-refractivity contribution >= 4 is 27.8 Å². The summed E-state index contributed by atoms with van der Waals surface area (Å²) >= 11 is 3.39. The largest absolute Gasteiger partial charge is 0.508 e. The molecule has 26 heavy (non-hydrogen) atoms. The summed E-state index contributed by atoms with van der Waals surface area (Å²) in [5.74, 6) is 1.22. The Balaban J connectivity index is 1.37. The standard InChI is InChI=1S/C19H23BrN4O2/c20-16-5-8-18(22-14-16)23-10-12-24(13-11-23)19(26)21-9-1-2-15-3-6-17(25)7-4-15/h3-8,14,25H,1-2,9-13H2,(H,21,26). The maximum atomic E-state index is 12.3. The van der Waals surface area contributed by atoms with Gasteiger partial charge in [0.1, 0.15) is 11.6 Å². The number of nitrogens with one attached hydrogen (secondary N) is 1. The van der Waals surface area contributed by atoms with E-state index in [0.29, 0.717) is 19.6 Å². The lowest BCUT2D eigenvalue weighted by molar-refractivity contribution is 0.194. The van der Waals surface area contributed by atoms with E-state index in [0.717, 1.165) is 41.8 Å². The molecule has 138 valence electrons. The van der Waals surface area contributed by atoms with Gasteiger partial charge in [-0.3, -0.25) is 0 Å². The Kier molecular flexibility index (Phi) is 6.33. The molecule has 1 fully saturated rings. The summed E-state index contributed by atoms with van der Waals surface area (Å²) in [6, 6.07) is 11.2. The predicted molar refractivity (Wildman–Crippen MR) is 106 cm³/mol. The van der Waals surface area contributed by atoms with Crippen molar-refractivity contribution in [2.24, 2.45) is 0 Å². The highest BCUT2D eigenvalue weighted by Crippen LogP contribution is 2.16. The molecule has 1 aliphatic rings. The highest BCUT2D eigenvalue weighted by molar-refractivity contribution is 9.10. The van der Waals surface area contributed by atoms with Gasteiger partial charge in [0.15, 0.2) is 0 Å². The lowest BCUT2D eigenvalue weighted by Gasteiger charge is -2.35. The van der Waals surface area contributed by atoms with Crippen molar-refractivity contribution in [1.82, 2.24) is 15.2 Å². The molecule has 2 aromatic rings. The van der Waals surface area contributed by atoms with Gasteiger partial charge in [-0.15, -0.1) is 0 Å². The zero-order valence-corrected chi connectivity index (χ0v) is 16.2. The number of urea groups is 1. The molecule has 2 amide bonds. The number of rotatable bonds is 5. The topological polar surface area (TPSA) is 68.7 Å². The van der Waals surface area contributed by atoms with Crippen molar-refractivity contribution in [3.63, 3.8) is 0 Å². The number of halogens is 1. The fraction of sp³-hybridized carbons (Fsp3) is 0.368. The van der Waals surface area contributed by atoms with Crippen molar-refractivity contribution < 1.29 is 9.90 Å². The Morgan fingerprint density at radius 1 is 1.12 bits per heavy atom. The third-order valence-electron chi connectivity index (χ3n) is 4.46. The molecule has 0 unspecified atom stereocenters. The van der Waals surface area contributed by atoms with E-state index in [1.807, 2.05) is 29.2 Å². The highest BCUT2D eigenvalue weighted by Gasteiger charge is 2.21. The van der Waals surface area contributed by atoms with Crippen molar-refractivity contribution in [2.75, 3.05) is 37.6 Å². The molecule has 0 bridgehead atoms. The van der Waals surface area contributed by atoms with Crippen molar-refractivity contribution in [1.29, 1.82) is 0 Å². The first kappa shape index (κ1) is 18.5. The zero-order valence-electron chi connectivity index (χ0n) is 14.6. The van der Waals surface area contributed by atoms with E-state index in [2.05, 4.69) is 31.1 Å². The molecule has 0 atom stereocenters. The molecule has 0 saturated carbocycles. The Morgan fingerprint density at radius 2 is 1.85 bits per heavy atom. The van der Waals surface area contributed by atoms with E-state index in [1.165, 1.54) is 0 Å². The molecular formula is C19H23BrN4O2. The Hall–Kier alpha value is -2.28. The minimum absolute atomic E-state index is 0.000813. The maximum absolute atomic E-state index is 12.3. The molecule has 1 aliphatic heterocycles. The van der Waals surface area contributed by atoms with Crippen LogP contribution in [0.1, 0.15) is 12.0 Å². The van der Waals surface area contributed by atoms with Gasteiger partial charge in [-0.1, -0.05) is 12.1 Å². The number of carbonyl (C=O) groups is 1. The minimum atomic E-state index is -0.000813. The summed E-state index contributed by atoms with van der Waals surface area (Å²) in [6.45, 7) is 3.61. The van der Waals surface area contributed by atoms with Gasteiger partial charge in [0.05, 0.1) is 0 Å². The molecule has 3 rings (SSSR count). The van der Waals surface area contributed by atoms with Crippen LogP contribution >= 0.6 is 15.9 Å². The van der Waals surface area contributed by atoms with Crippen LogP contribution < -0.4 is 10.2 Å². The smallest absolute Gasteiger partial charge is 0.317 e. The second-order valence-electron chi connectivity index (χ2n) is 6.31. The average Bonchev–Trinajstić information content (AvgIpc) is 2.67. The summed E-state index contributed by atoms with van der Waals surface area (Å²) in [5.41, 5.74) is 1.16. The fourth-order valence-electron chi connectivity index (χ4n) is 2.96. The lowest BCUT2D eigenvalue weighted by atomic mass is 10.1. The van der Waals surface area contributed by atoms with E-state index in [1.54, 1.807) is 18.3 Å².